The molecule has 1 aliphatic heterocycles. The number of alkyl halides is 3. The molecule has 3 aromatic rings. The van der Waals surface area contributed by atoms with Crippen LogP contribution in [0.15, 0.2) is 55.0 Å². The zero-order valence-corrected chi connectivity index (χ0v) is 18.7. The number of halogens is 3. The van der Waals surface area contributed by atoms with Crippen LogP contribution in [0, 0.1) is 6.92 Å². The van der Waals surface area contributed by atoms with E-state index < -0.39 is 29.8 Å². The van der Waals surface area contributed by atoms with E-state index in [1.54, 1.807) is 40.1 Å². The maximum absolute atomic E-state index is 13.1. The topological polar surface area (TPSA) is 79.6 Å². The van der Waals surface area contributed by atoms with Gasteiger partial charge in [0.1, 0.15) is 5.75 Å². The predicted molar refractivity (Wildman–Crippen MR) is 120 cm³/mol. The molecule has 1 aromatic heterocycles. The van der Waals surface area contributed by atoms with Crippen LogP contribution in [-0.2, 0) is 6.18 Å². The average Bonchev–Trinajstić information content (AvgIpc) is 3.25. The molecule has 1 saturated heterocycles. The number of nitrogens with zero attached hydrogens (tertiary/aromatic N) is 3. The Bertz CT molecular complexity index is 1180. The van der Waals surface area contributed by atoms with Gasteiger partial charge in [-0.1, -0.05) is 6.07 Å². The summed E-state index contributed by atoms with van der Waals surface area (Å²) in [6.07, 6.45) is -1.48. The fourth-order valence-electron chi connectivity index (χ4n) is 4.03. The van der Waals surface area contributed by atoms with Crippen LogP contribution in [0.4, 0.5) is 18.9 Å². The summed E-state index contributed by atoms with van der Waals surface area (Å²) in [4.78, 5) is 18.9. The molecule has 0 radical (unpaired) electrons. The maximum atomic E-state index is 13.1. The Morgan fingerprint density at radius 2 is 2.03 bits per heavy atom. The SMILES string of the molecule is COc1cc(C(=O)NC2CN(c3cccc(C(F)(F)F)c3)CCC2O)ccc1-n1cnc(C)c1. The lowest BCUT2D eigenvalue weighted by atomic mass is 10.0. The van der Waals surface area contributed by atoms with Crippen LogP contribution in [0.5, 0.6) is 5.75 Å². The summed E-state index contributed by atoms with van der Waals surface area (Å²) in [5, 5.41) is 13.3. The molecule has 0 bridgehead atoms. The highest BCUT2D eigenvalue weighted by atomic mass is 19.4. The van der Waals surface area contributed by atoms with E-state index in [1.807, 2.05) is 13.1 Å². The number of aliphatic hydroxyl groups excluding tert-OH is 1. The fraction of sp³-hybridized carbons (Fsp3) is 0.333. The summed E-state index contributed by atoms with van der Waals surface area (Å²) in [5.74, 6) is 0.0569. The number of carbonyl (C=O) groups excluding carboxylic acids is 1. The second kappa shape index (κ2) is 9.38. The van der Waals surface area contributed by atoms with Gasteiger partial charge >= 0.3 is 6.18 Å². The highest BCUT2D eigenvalue weighted by Crippen LogP contribution is 2.32. The van der Waals surface area contributed by atoms with Crippen LogP contribution in [-0.4, -0.2) is 52.9 Å². The molecular weight excluding hydrogens is 449 g/mol. The molecule has 2 unspecified atom stereocenters. The number of benzene rings is 2. The third kappa shape index (κ3) is 5.01. The van der Waals surface area contributed by atoms with Crippen molar-refractivity contribution in [1.29, 1.82) is 0 Å². The summed E-state index contributed by atoms with van der Waals surface area (Å²) in [5.41, 5.74) is 1.54. The van der Waals surface area contributed by atoms with Crippen molar-refractivity contribution in [3.63, 3.8) is 0 Å². The third-order valence-electron chi connectivity index (χ3n) is 5.86. The number of carbonyl (C=O) groups is 1. The number of anilines is 1. The van der Waals surface area contributed by atoms with E-state index in [-0.39, 0.29) is 6.54 Å². The molecule has 10 heteroatoms. The second-order valence-corrected chi connectivity index (χ2v) is 8.24. The lowest BCUT2D eigenvalue weighted by Gasteiger charge is -2.38. The zero-order chi connectivity index (χ0) is 24.5. The molecule has 34 heavy (non-hydrogen) atoms. The Morgan fingerprint density at radius 3 is 2.71 bits per heavy atom. The Kier molecular flexibility index (Phi) is 6.52. The van der Waals surface area contributed by atoms with Crippen molar-refractivity contribution >= 4 is 11.6 Å². The molecule has 0 aliphatic carbocycles. The number of rotatable bonds is 5. The number of imidazole rings is 1. The van der Waals surface area contributed by atoms with E-state index in [1.165, 1.54) is 13.2 Å². The van der Waals surface area contributed by atoms with Crippen molar-refractivity contribution in [2.24, 2.45) is 0 Å². The number of hydrogen-bond donors (Lipinski definition) is 2. The first kappa shape index (κ1) is 23.6. The van der Waals surface area contributed by atoms with E-state index in [9.17, 15) is 23.1 Å². The van der Waals surface area contributed by atoms with Gasteiger partial charge in [-0.15, -0.1) is 0 Å². The first-order valence-corrected chi connectivity index (χ1v) is 10.8. The molecule has 1 aliphatic rings. The smallest absolute Gasteiger partial charge is 0.416 e. The van der Waals surface area contributed by atoms with Crippen molar-refractivity contribution in [1.82, 2.24) is 14.9 Å². The molecule has 2 N–H and O–H groups in total. The Labute approximate surface area is 194 Å². The fourth-order valence-corrected chi connectivity index (χ4v) is 4.03. The van der Waals surface area contributed by atoms with E-state index in [2.05, 4.69) is 10.3 Å². The van der Waals surface area contributed by atoms with Gasteiger partial charge in [0.15, 0.2) is 0 Å². The highest BCUT2D eigenvalue weighted by molar-refractivity contribution is 5.95. The largest absolute Gasteiger partial charge is 0.495 e. The first-order chi connectivity index (χ1) is 16.2. The highest BCUT2D eigenvalue weighted by Gasteiger charge is 2.33. The van der Waals surface area contributed by atoms with Crippen molar-refractivity contribution in [2.45, 2.75) is 31.7 Å². The van der Waals surface area contributed by atoms with Gasteiger partial charge in [-0.3, -0.25) is 4.79 Å². The Balaban J connectivity index is 1.50. The minimum absolute atomic E-state index is 0.178. The summed E-state index contributed by atoms with van der Waals surface area (Å²) in [6.45, 7) is 2.42. The molecule has 0 saturated carbocycles. The van der Waals surface area contributed by atoms with Crippen LogP contribution >= 0.6 is 0 Å². The molecule has 1 amide bonds. The summed E-state index contributed by atoms with van der Waals surface area (Å²) in [7, 11) is 1.50. The quantitative estimate of drug-likeness (QED) is 0.591. The van der Waals surface area contributed by atoms with Gasteiger partial charge in [0.25, 0.3) is 5.91 Å². The van der Waals surface area contributed by atoms with Gasteiger partial charge in [0, 0.05) is 30.5 Å². The zero-order valence-electron chi connectivity index (χ0n) is 18.7. The number of ether oxygens (including phenoxy) is 1. The number of aliphatic hydroxyl groups is 1. The monoisotopic (exact) mass is 474 g/mol. The number of aryl methyl sites for hydroxylation is 1. The van der Waals surface area contributed by atoms with Crippen molar-refractivity contribution in [3.05, 3.63) is 71.8 Å². The van der Waals surface area contributed by atoms with Gasteiger partial charge in [-0.05, 0) is 49.7 Å². The van der Waals surface area contributed by atoms with Crippen LogP contribution in [0.2, 0.25) is 0 Å². The van der Waals surface area contributed by atoms with Gasteiger partial charge in [-0.2, -0.15) is 13.2 Å². The van der Waals surface area contributed by atoms with Crippen molar-refractivity contribution < 1.29 is 27.8 Å². The van der Waals surface area contributed by atoms with E-state index >= 15 is 0 Å². The molecule has 2 heterocycles. The van der Waals surface area contributed by atoms with Crippen LogP contribution in [0.1, 0.15) is 28.0 Å². The number of nitrogens with one attached hydrogen (secondary N) is 1. The summed E-state index contributed by atoms with van der Waals surface area (Å²) < 4.78 is 46.5. The van der Waals surface area contributed by atoms with Crippen molar-refractivity contribution in [3.8, 4) is 11.4 Å². The van der Waals surface area contributed by atoms with E-state index in [0.717, 1.165) is 17.8 Å². The first-order valence-electron chi connectivity index (χ1n) is 10.8. The second-order valence-electron chi connectivity index (χ2n) is 8.24. The number of amides is 1. The lowest BCUT2D eigenvalue weighted by molar-refractivity contribution is -0.137. The van der Waals surface area contributed by atoms with Crippen LogP contribution in [0.3, 0.4) is 0 Å². The maximum Gasteiger partial charge on any atom is 0.416 e. The van der Waals surface area contributed by atoms with Crippen LogP contribution < -0.4 is 15.0 Å². The standard InChI is InChI=1S/C24H25F3N4O3/c1-15-12-31(14-28-15)20-7-6-16(10-22(20)34-2)23(33)29-19-13-30(9-8-21(19)32)18-5-3-4-17(11-18)24(25,26)27/h3-7,10-12,14,19,21,32H,8-9,13H2,1-2H3,(H,29,33). The predicted octanol–water partition coefficient (Wildman–Crippen LogP) is 3.58. The molecule has 1 fully saturated rings. The van der Waals surface area contributed by atoms with Gasteiger partial charge in [0.2, 0.25) is 0 Å². The molecule has 180 valence electrons. The number of hydrogen-bond acceptors (Lipinski definition) is 5. The number of piperidine rings is 1. The molecule has 2 atom stereocenters. The van der Waals surface area contributed by atoms with E-state index in [0.29, 0.717) is 35.7 Å². The van der Waals surface area contributed by atoms with Crippen LogP contribution in [0.25, 0.3) is 5.69 Å². The number of methoxy groups -OCH3 is 1. The van der Waals surface area contributed by atoms with Crippen molar-refractivity contribution in [2.75, 3.05) is 25.1 Å². The molecular formula is C24H25F3N4O3. The van der Waals surface area contributed by atoms with Gasteiger partial charge < -0.3 is 24.6 Å². The summed E-state index contributed by atoms with van der Waals surface area (Å²) in [6, 6.07) is 9.36. The molecule has 0 spiro atoms. The van der Waals surface area contributed by atoms with Gasteiger partial charge in [0.05, 0.1) is 42.5 Å². The third-order valence-corrected chi connectivity index (χ3v) is 5.86. The Hall–Kier alpha value is -3.53. The summed E-state index contributed by atoms with van der Waals surface area (Å²) >= 11 is 0. The minimum atomic E-state index is -4.44. The average molecular weight is 474 g/mol. The normalized spacial score (nSPS) is 18.6. The minimum Gasteiger partial charge on any atom is -0.495 e. The van der Waals surface area contributed by atoms with Gasteiger partial charge in [-0.25, -0.2) is 4.98 Å². The van der Waals surface area contributed by atoms with E-state index in [4.69, 9.17) is 4.74 Å². The molecule has 2 aromatic carbocycles. The molecule has 7 nitrogen and oxygen atoms in total. The Morgan fingerprint density at radius 1 is 1.24 bits per heavy atom. The lowest BCUT2D eigenvalue weighted by Crippen LogP contribution is -2.55. The molecule has 4 rings (SSSR count). The number of aromatic nitrogens is 2.